The SMILES string of the molecule is Cc1ncc(C(=O)N2CCC(Cn3cnc4c(cnn4-c4ccc(F)cc4)c3=O)CC2)o1. The molecule has 5 rings (SSSR count). The molecule has 1 aromatic carbocycles. The molecular weight excluding hydrogens is 415 g/mol. The lowest BCUT2D eigenvalue weighted by Gasteiger charge is -2.31. The molecule has 0 radical (unpaired) electrons. The second-order valence-corrected chi connectivity index (χ2v) is 7.95. The zero-order valence-corrected chi connectivity index (χ0v) is 17.4. The lowest BCUT2D eigenvalue weighted by molar-refractivity contribution is 0.0649. The number of carbonyl (C=O) groups excluding carboxylic acids is 1. The number of carbonyl (C=O) groups is 1. The van der Waals surface area contributed by atoms with E-state index in [1.807, 2.05) is 0 Å². The van der Waals surface area contributed by atoms with Gasteiger partial charge in [0.15, 0.2) is 11.5 Å². The van der Waals surface area contributed by atoms with Crippen molar-refractivity contribution in [2.45, 2.75) is 26.3 Å². The highest BCUT2D eigenvalue weighted by atomic mass is 19.1. The number of aromatic nitrogens is 5. The van der Waals surface area contributed by atoms with E-state index in [1.54, 1.807) is 28.5 Å². The average Bonchev–Trinajstić information content (AvgIpc) is 3.43. The number of piperidine rings is 1. The van der Waals surface area contributed by atoms with Crippen molar-refractivity contribution in [3.63, 3.8) is 0 Å². The van der Waals surface area contributed by atoms with Gasteiger partial charge in [-0.05, 0) is 43.0 Å². The molecule has 4 heterocycles. The van der Waals surface area contributed by atoms with Gasteiger partial charge in [-0.1, -0.05) is 0 Å². The quantitative estimate of drug-likeness (QED) is 0.488. The molecule has 0 saturated carbocycles. The number of amides is 1. The van der Waals surface area contributed by atoms with E-state index >= 15 is 0 Å². The van der Waals surface area contributed by atoms with Crippen LogP contribution in [0.15, 0.2) is 52.2 Å². The Kier molecular flexibility index (Phi) is 5.04. The summed E-state index contributed by atoms with van der Waals surface area (Å²) in [5, 5.41) is 4.67. The molecule has 1 aliphatic rings. The number of benzene rings is 1. The van der Waals surface area contributed by atoms with Crippen LogP contribution in [0.4, 0.5) is 4.39 Å². The molecule has 4 aromatic rings. The van der Waals surface area contributed by atoms with E-state index < -0.39 is 0 Å². The van der Waals surface area contributed by atoms with E-state index in [0.29, 0.717) is 42.2 Å². The van der Waals surface area contributed by atoms with Gasteiger partial charge in [-0.2, -0.15) is 5.10 Å². The molecule has 32 heavy (non-hydrogen) atoms. The highest BCUT2D eigenvalue weighted by Crippen LogP contribution is 2.21. The monoisotopic (exact) mass is 436 g/mol. The Labute approximate surface area is 182 Å². The maximum Gasteiger partial charge on any atom is 0.291 e. The number of fused-ring (bicyclic) bond motifs is 1. The van der Waals surface area contributed by atoms with E-state index in [9.17, 15) is 14.0 Å². The molecule has 0 unspecified atom stereocenters. The summed E-state index contributed by atoms with van der Waals surface area (Å²) < 4.78 is 21.7. The fourth-order valence-corrected chi connectivity index (χ4v) is 4.06. The summed E-state index contributed by atoms with van der Waals surface area (Å²) in [6, 6.07) is 5.85. The van der Waals surface area contributed by atoms with Gasteiger partial charge in [0.1, 0.15) is 11.2 Å². The third-order valence-electron chi connectivity index (χ3n) is 5.81. The van der Waals surface area contributed by atoms with Gasteiger partial charge in [0.2, 0.25) is 5.76 Å². The van der Waals surface area contributed by atoms with Crippen LogP contribution in [0.1, 0.15) is 29.3 Å². The number of oxazole rings is 1. The van der Waals surface area contributed by atoms with Gasteiger partial charge < -0.3 is 9.32 Å². The van der Waals surface area contributed by atoms with E-state index in [0.717, 1.165) is 12.8 Å². The zero-order chi connectivity index (χ0) is 22.2. The zero-order valence-electron chi connectivity index (χ0n) is 17.4. The minimum atomic E-state index is -0.343. The first kappa shape index (κ1) is 20.1. The lowest BCUT2D eigenvalue weighted by Crippen LogP contribution is -2.40. The molecule has 164 valence electrons. The first-order valence-corrected chi connectivity index (χ1v) is 10.4. The van der Waals surface area contributed by atoms with Crippen molar-refractivity contribution in [1.82, 2.24) is 29.2 Å². The molecule has 3 aromatic heterocycles. The van der Waals surface area contributed by atoms with Crippen LogP contribution in [0.5, 0.6) is 0 Å². The summed E-state index contributed by atoms with van der Waals surface area (Å²) in [5.74, 6) is 0.472. The lowest BCUT2D eigenvalue weighted by atomic mass is 9.96. The van der Waals surface area contributed by atoms with Crippen molar-refractivity contribution < 1.29 is 13.6 Å². The third-order valence-corrected chi connectivity index (χ3v) is 5.81. The van der Waals surface area contributed by atoms with Crippen LogP contribution >= 0.6 is 0 Å². The maximum absolute atomic E-state index is 13.2. The van der Waals surface area contributed by atoms with Crippen LogP contribution in [-0.4, -0.2) is 48.2 Å². The second-order valence-electron chi connectivity index (χ2n) is 7.95. The number of likely N-dealkylation sites (tertiary alicyclic amines) is 1. The molecular formula is C22H21FN6O3. The summed E-state index contributed by atoms with van der Waals surface area (Å²) in [5.41, 5.74) is 0.893. The predicted octanol–water partition coefficient (Wildman–Crippen LogP) is 2.57. The Bertz CT molecular complexity index is 1330. The molecule has 0 N–H and O–H groups in total. The normalized spacial score (nSPS) is 14.9. The van der Waals surface area contributed by atoms with E-state index in [2.05, 4.69) is 15.1 Å². The van der Waals surface area contributed by atoms with Crippen LogP contribution in [0.2, 0.25) is 0 Å². The molecule has 9 nitrogen and oxygen atoms in total. The van der Waals surface area contributed by atoms with Gasteiger partial charge in [0.25, 0.3) is 11.5 Å². The Morgan fingerprint density at radius 3 is 2.59 bits per heavy atom. The summed E-state index contributed by atoms with van der Waals surface area (Å²) >= 11 is 0. The van der Waals surface area contributed by atoms with Crippen molar-refractivity contribution in [2.75, 3.05) is 13.1 Å². The average molecular weight is 436 g/mol. The number of rotatable bonds is 4. The van der Waals surface area contributed by atoms with Crippen molar-refractivity contribution in [1.29, 1.82) is 0 Å². The van der Waals surface area contributed by atoms with Gasteiger partial charge in [-0.15, -0.1) is 0 Å². The summed E-state index contributed by atoms with van der Waals surface area (Å²) in [6.07, 6.45) is 6.03. The highest BCUT2D eigenvalue weighted by molar-refractivity contribution is 5.91. The number of hydrogen-bond donors (Lipinski definition) is 0. The van der Waals surface area contributed by atoms with Crippen LogP contribution in [0, 0.1) is 18.7 Å². The van der Waals surface area contributed by atoms with Gasteiger partial charge >= 0.3 is 0 Å². The molecule has 1 fully saturated rings. The topological polar surface area (TPSA) is 99.0 Å². The van der Waals surface area contributed by atoms with Crippen LogP contribution in [-0.2, 0) is 6.54 Å². The molecule has 0 atom stereocenters. The van der Waals surface area contributed by atoms with Crippen LogP contribution in [0.3, 0.4) is 0 Å². The van der Waals surface area contributed by atoms with Gasteiger partial charge in [0.05, 0.1) is 24.4 Å². The predicted molar refractivity (Wildman–Crippen MR) is 113 cm³/mol. The Hall–Kier alpha value is -3.82. The van der Waals surface area contributed by atoms with Crippen molar-refractivity contribution >= 4 is 16.9 Å². The summed E-state index contributed by atoms with van der Waals surface area (Å²) in [6.45, 7) is 3.41. The molecule has 0 bridgehead atoms. The fraction of sp³-hybridized carbons (Fsp3) is 0.318. The van der Waals surface area contributed by atoms with Crippen LogP contribution in [0.25, 0.3) is 16.7 Å². The van der Waals surface area contributed by atoms with Crippen molar-refractivity contribution in [2.24, 2.45) is 5.92 Å². The van der Waals surface area contributed by atoms with E-state index in [1.165, 1.54) is 35.5 Å². The highest BCUT2D eigenvalue weighted by Gasteiger charge is 2.26. The standard InChI is InChI=1S/C22H21FN6O3/c1-14-24-11-19(32-14)22(31)27-8-6-15(7-9-27)12-28-13-25-20-18(21(28)30)10-26-29(20)17-4-2-16(23)3-5-17/h2-5,10-11,13,15H,6-9,12H2,1H3. The van der Waals surface area contributed by atoms with Gasteiger partial charge in [0, 0.05) is 26.6 Å². The largest absolute Gasteiger partial charge is 0.436 e. The number of hydrogen-bond acceptors (Lipinski definition) is 6. The Morgan fingerprint density at radius 2 is 1.91 bits per heavy atom. The minimum absolute atomic E-state index is 0.155. The number of halogens is 1. The number of aryl methyl sites for hydroxylation is 1. The smallest absolute Gasteiger partial charge is 0.291 e. The Balaban J connectivity index is 1.29. The molecule has 0 spiro atoms. The van der Waals surface area contributed by atoms with E-state index in [-0.39, 0.29) is 29.0 Å². The first-order valence-electron chi connectivity index (χ1n) is 10.4. The first-order chi connectivity index (χ1) is 15.5. The third kappa shape index (κ3) is 3.68. The molecule has 1 saturated heterocycles. The Morgan fingerprint density at radius 1 is 1.16 bits per heavy atom. The maximum atomic E-state index is 13.2. The van der Waals surface area contributed by atoms with Gasteiger partial charge in [-0.25, -0.2) is 19.0 Å². The second kappa shape index (κ2) is 8.03. The summed E-state index contributed by atoms with van der Waals surface area (Å²) in [7, 11) is 0. The fourth-order valence-electron chi connectivity index (χ4n) is 4.06. The summed E-state index contributed by atoms with van der Waals surface area (Å²) in [4.78, 5) is 35.7. The molecule has 0 aliphatic carbocycles. The van der Waals surface area contributed by atoms with Gasteiger partial charge in [-0.3, -0.25) is 14.2 Å². The molecule has 1 aliphatic heterocycles. The molecule has 10 heteroatoms. The van der Waals surface area contributed by atoms with Crippen LogP contribution < -0.4 is 5.56 Å². The van der Waals surface area contributed by atoms with E-state index in [4.69, 9.17) is 4.42 Å². The van der Waals surface area contributed by atoms with Crippen molar-refractivity contribution in [3.05, 3.63) is 70.8 Å². The molecule has 1 amide bonds. The minimum Gasteiger partial charge on any atom is -0.436 e. The van der Waals surface area contributed by atoms with Crippen molar-refractivity contribution in [3.8, 4) is 5.69 Å². The number of nitrogens with zero attached hydrogens (tertiary/aromatic N) is 6.